The summed E-state index contributed by atoms with van der Waals surface area (Å²) in [6, 6.07) is 5.59. The minimum Gasteiger partial charge on any atom is -0.330 e. The summed E-state index contributed by atoms with van der Waals surface area (Å²) >= 11 is 0. The maximum absolute atomic E-state index is 11.5. The van der Waals surface area contributed by atoms with Crippen LogP contribution in [0, 0.1) is 0 Å². The van der Waals surface area contributed by atoms with Gasteiger partial charge in [0, 0.05) is 24.8 Å². The van der Waals surface area contributed by atoms with E-state index >= 15 is 0 Å². The zero-order valence-corrected chi connectivity index (χ0v) is 14.1. The van der Waals surface area contributed by atoms with Gasteiger partial charge in [-0.05, 0) is 22.9 Å². The van der Waals surface area contributed by atoms with E-state index in [1.807, 2.05) is 32.0 Å². The van der Waals surface area contributed by atoms with Gasteiger partial charge in [0.25, 0.3) is 11.8 Å². The molecule has 6 nitrogen and oxygen atoms in total. The number of hydroxylamine groups is 2. The molecule has 2 amide bonds. The first-order valence-corrected chi connectivity index (χ1v) is 9.26. The monoisotopic (exact) mass is 342 g/mol. The number of carbonyl (C=O) groups excluding carboxylic acids is 3. The molecule has 0 aromatic carbocycles. The molecule has 0 atom stereocenters. The van der Waals surface area contributed by atoms with Crippen LogP contribution >= 0.6 is 21.6 Å². The highest BCUT2D eigenvalue weighted by Crippen LogP contribution is 2.29. The first-order valence-electron chi connectivity index (χ1n) is 6.94. The molecule has 1 fully saturated rings. The maximum atomic E-state index is 11.5. The van der Waals surface area contributed by atoms with Crippen molar-refractivity contribution >= 4 is 39.4 Å². The molecule has 120 valence electrons. The van der Waals surface area contributed by atoms with Gasteiger partial charge in [-0.15, -0.1) is 5.06 Å². The van der Waals surface area contributed by atoms with Crippen molar-refractivity contribution in [3.05, 3.63) is 24.4 Å². The summed E-state index contributed by atoms with van der Waals surface area (Å²) in [5.74, 6) is -0.989. The van der Waals surface area contributed by atoms with Gasteiger partial charge in [0.05, 0.1) is 6.42 Å². The molecule has 0 bridgehead atoms. The highest BCUT2D eigenvalue weighted by atomic mass is 33.1. The number of hydrogen-bond donors (Lipinski definition) is 0. The van der Waals surface area contributed by atoms with E-state index in [1.54, 1.807) is 6.20 Å². The van der Waals surface area contributed by atoms with E-state index in [0.29, 0.717) is 10.8 Å². The maximum Gasteiger partial charge on any atom is 0.334 e. The third kappa shape index (κ3) is 6.07. The molecule has 1 aliphatic rings. The Labute approximate surface area is 137 Å². The summed E-state index contributed by atoms with van der Waals surface area (Å²) < 4.78 is 0. The van der Waals surface area contributed by atoms with Crippen molar-refractivity contribution in [2.75, 3.05) is 5.75 Å². The molecule has 0 radical (unpaired) electrons. The molecule has 0 saturated carbocycles. The lowest BCUT2D eigenvalue weighted by molar-refractivity contribution is -0.197. The Morgan fingerprint density at radius 3 is 2.55 bits per heavy atom. The van der Waals surface area contributed by atoms with E-state index in [4.69, 9.17) is 4.84 Å². The van der Waals surface area contributed by atoms with Crippen LogP contribution in [-0.4, -0.2) is 33.6 Å². The number of imide groups is 1. The Bertz CT molecular complexity index is 495. The van der Waals surface area contributed by atoms with Crippen LogP contribution in [0.15, 0.2) is 29.4 Å². The number of hydrogen-bond acceptors (Lipinski definition) is 7. The van der Waals surface area contributed by atoms with Crippen LogP contribution in [0.1, 0.15) is 33.1 Å². The number of aromatic nitrogens is 1. The zero-order valence-electron chi connectivity index (χ0n) is 12.5. The van der Waals surface area contributed by atoms with Gasteiger partial charge < -0.3 is 4.84 Å². The normalized spacial score (nSPS) is 13.6. The van der Waals surface area contributed by atoms with Crippen molar-refractivity contribution in [2.24, 2.45) is 0 Å². The molecule has 1 saturated heterocycles. The fourth-order valence-electron chi connectivity index (χ4n) is 1.43. The van der Waals surface area contributed by atoms with Gasteiger partial charge in [-0.1, -0.05) is 30.7 Å². The van der Waals surface area contributed by atoms with Gasteiger partial charge in [0.15, 0.2) is 0 Å². The summed E-state index contributed by atoms with van der Waals surface area (Å²) in [6.45, 7) is 4.00. The molecule has 0 unspecified atom stereocenters. The fourth-order valence-corrected chi connectivity index (χ4v) is 3.28. The van der Waals surface area contributed by atoms with Gasteiger partial charge >= 0.3 is 5.97 Å². The predicted molar refractivity (Wildman–Crippen MR) is 85.7 cm³/mol. The second-order valence-electron chi connectivity index (χ2n) is 3.87. The summed E-state index contributed by atoms with van der Waals surface area (Å²) in [7, 11) is 2.92. The highest BCUT2D eigenvalue weighted by Gasteiger charge is 2.32. The summed E-state index contributed by atoms with van der Waals surface area (Å²) in [6.07, 6.45) is 2.04. The first-order chi connectivity index (χ1) is 10.7. The lowest BCUT2D eigenvalue weighted by atomic mass is 10.4. The molecule has 8 heteroatoms. The van der Waals surface area contributed by atoms with E-state index in [9.17, 15) is 14.4 Å². The SMILES string of the molecule is CC.O=C(CCSSc1ccccn1)ON1C(=O)CCC1=O. The van der Waals surface area contributed by atoms with E-state index in [1.165, 1.54) is 21.6 Å². The molecule has 2 rings (SSSR count). The largest absolute Gasteiger partial charge is 0.334 e. The second kappa shape index (κ2) is 10.2. The fraction of sp³-hybridized carbons (Fsp3) is 0.429. The average Bonchev–Trinajstić information content (AvgIpc) is 2.86. The number of nitrogens with zero attached hydrogens (tertiary/aromatic N) is 2. The molecule has 0 spiro atoms. The quantitative estimate of drug-likeness (QED) is 0.447. The van der Waals surface area contributed by atoms with E-state index in [0.717, 1.165) is 5.03 Å². The van der Waals surface area contributed by atoms with Crippen LogP contribution in [0.25, 0.3) is 0 Å². The molecular formula is C14H18N2O4S2. The van der Waals surface area contributed by atoms with Gasteiger partial charge in [-0.2, -0.15) is 0 Å². The van der Waals surface area contributed by atoms with Crippen molar-refractivity contribution in [1.29, 1.82) is 0 Å². The predicted octanol–water partition coefficient (Wildman–Crippen LogP) is 2.85. The standard InChI is InChI=1S/C12H12N2O4S2.C2H6/c15-10-4-5-11(16)14(10)18-12(17)6-8-19-20-9-3-1-2-7-13-9;1-2/h1-3,7H,4-6,8H2;1-2H3. The number of carbonyl (C=O) groups is 3. The Kier molecular flexibility index (Phi) is 8.61. The highest BCUT2D eigenvalue weighted by molar-refractivity contribution is 8.76. The van der Waals surface area contributed by atoms with Crippen LogP contribution in [0.3, 0.4) is 0 Å². The summed E-state index contributed by atoms with van der Waals surface area (Å²) in [4.78, 5) is 42.9. The Morgan fingerprint density at radius 2 is 1.95 bits per heavy atom. The third-order valence-electron chi connectivity index (χ3n) is 2.37. The molecule has 2 heterocycles. The van der Waals surface area contributed by atoms with E-state index in [-0.39, 0.29) is 19.3 Å². The summed E-state index contributed by atoms with van der Waals surface area (Å²) in [5.41, 5.74) is 0. The molecular weight excluding hydrogens is 324 g/mol. The second-order valence-corrected chi connectivity index (χ2v) is 6.30. The van der Waals surface area contributed by atoms with Gasteiger partial charge in [0.1, 0.15) is 5.03 Å². The van der Waals surface area contributed by atoms with Gasteiger partial charge in [-0.25, -0.2) is 9.78 Å². The number of rotatable bonds is 6. The molecule has 0 aliphatic carbocycles. The topological polar surface area (TPSA) is 76.6 Å². The van der Waals surface area contributed by atoms with E-state index in [2.05, 4.69) is 4.98 Å². The smallest absolute Gasteiger partial charge is 0.330 e. The van der Waals surface area contributed by atoms with Crippen LogP contribution in [0.4, 0.5) is 0 Å². The van der Waals surface area contributed by atoms with Crippen LogP contribution in [0.2, 0.25) is 0 Å². The Hall–Kier alpha value is -1.54. The number of pyridine rings is 1. The minimum atomic E-state index is -0.581. The summed E-state index contributed by atoms with van der Waals surface area (Å²) in [5, 5.41) is 1.43. The van der Waals surface area contributed by atoms with Crippen molar-refractivity contribution in [3.8, 4) is 0 Å². The minimum absolute atomic E-state index is 0.108. The molecule has 1 aliphatic heterocycles. The lowest BCUT2D eigenvalue weighted by Gasteiger charge is -2.12. The van der Waals surface area contributed by atoms with Gasteiger partial charge in [0.2, 0.25) is 0 Å². The van der Waals surface area contributed by atoms with Crippen molar-refractivity contribution < 1.29 is 19.2 Å². The molecule has 1 aromatic rings. The van der Waals surface area contributed by atoms with Gasteiger partial charge in [-0.3, -0.25) is 9.59 Å². The first kappa shape index (κ1) is 18.5. The molecule has 0 N–H and O–H groups in total. The van der Waals surface area contributed by atoms with Crippen LogP contribution in [-0.2, 0) is 19.2 Å². The number of amides is 2. The lowest BCUT2D eigenvalue weighted by Crippen LogP contribution is -2.32. The van der Waals surface area contributed by atoms with Crippen LogP contribution < -0.4 is 0 Å². The average molecular weight is 342 g/mol. The van der Waals surface area contributed by atoms with Crippen LogP contribution in [0.5, 0.6) is 0 Å². The van der Waals surface area contributed by atoms with Crippen molar-refractivity contribution in [3.63, 3.8) is 0 Å². The zero-order chi connectivity index (χ0) is 16.4. The van der Waals surface area contributed by atoms with Crippen molar-refractivity contribution in [1.82, 2.24) is 10.0 Å². The van der Waals surface area contributed by atoms with E-state index < -0.39 is 17.8 Å². The Balaban J connectivity index is 0.00000116. The molecule has 22 heavy (non-hydrogen) atoms. The Morgan fingerprint density at radius 1 is 1.27 bits per heavy atom. The molecule has 1 aromatic heterocycles. The third-order valence-corrected chi connectivity index (χ3v) is 4.64. The van der Waals surface area contributed by atoms with Crippen molar-refractivity contribution in [2.45, 2.75) is 38.1 Å².